The number of amides is 1. The first-order valence-electron chi connectivity index (χ1n) is 6.76. The van der Waals surface area contributed by atoms with E-state index in [9.17, 15) is 9.90 Å². The van der Waals surface area contributed by atoms with Crippen LogP contribution in [0.5, 0.6) is 0 Å². The number of piperazine rings is 1. The number of aryl methyl sites for hydroxylation is 1. The van der Waals surface area contributed by atoms with Crippen LogP contribution in [-0.4, -0.2) is 35.7 Å². The summed E-state index contributed by atoms with van der Waals surface area (Å²) in [4.78, 5) is 13.9. The van der Waals surface area contributed by atoms with Gasteiger partial charge in [-0.2, -0.15) is 0 Å². The summed E-state index contributed by atoms with van der Waals surface area (Å²) in [6.07, 6.45) is 0.994. The largest absolute Gasteiger partial charge is 0.394 e. The molecular formula is C15H22N2O2. The van der Waals surface area contributed by atoms with E-state index in [4.69, 9.17) is 0 Å². The third-order valence-corrected chi connectivity index (χ3v) is 3.76. The molecule has 1 atom stereocenters. The molecule has 0 spiro atoms. The molecule has 4 heteroatoms. The van der Waals surface area contributed by atoms with Crippen molar-refractivity contribution in [3.8, 4) is 0 Å². The first-order chi connectivity index (χ1) is 8.99. The lowest BCUT2D eigenvalue weighted by Gasteiger charge is -2.48. The fourth-order valence-corrected chi connectivity index (χ4v) is 2.63. The molecule has 104 valence electrons. The van der Waals surface area contributed by atoms with Crippen molar-refractivity contribution in [3.05, 3.63) is 29.8 Å². The van der Waals surface area contributed by atoms with Gasteiger partial charge in [-0.05, 0) is 38.0 Å². The topological polar surface area (TPSA) is 52.6 Å². The molecule has 19 heavy (non-hydrogen) atoms. The fourth-order valence-electron chi connectivity index (χ4n) is 2.63. The number of nitrogens with zero attached hydrogens (tertiary/aromatic N) is 1. The van der Waals surface area contributed by atoms with Gasteiger partial charge in [0.1, 0.15) is 6.04 Å². The van der Waals surface area contributed by atoms with E-state index in [-0.39, 0.29) is 18.1 Å². The van der Waals surface area contributed by atoms with Crippen molar-refractivity contribution >= 4 is 11.6 Å². The second-order valence-corrected chi connectivity index (χ2v) is 5.62. The Morgan fingerprint density at radius 1 is 1.37 bits per heavy atom. The Morgan fingerprint density at radius 2 is 2.00 bits per heavy atom. The molecule has 1 fully saturated rings. The SMILES string of the molecule is CCc1ccc(N2C(CO)C(=O)NCC2(C)C)cc1. The van der Waals surface area contributed by atoms with Gasteiger partial charge in [-0.3, -0.25) is 4.79 Å². The monoisotopic (exact) mass is 262 g/mol. The van der Waals surface area contributed by atoms with Crippen molar-refractivity contribution < 1.29 is 9.90 Å². The minimum absolute atomic E-state index is 0.110. The number of benzene rings is 1. The molecular weight excluding hydrogens is 240 g/mol. The van der Waals surface area contributed by atoms with Crippen molar-refractivity contribution in [1.29, 1.82) is 0 Å². The molecule has 0 bridgehead atoms. The van der Waals surface area contributed by atoms with Gasteiger partial charge in [-0.25, -0.2) is 0 Å². The first kappa shape index (κ1) is 13.9. The smallest absolute Gasteiger partial charge is 0.245 e. The van der Waals surface area contributed by atoms with Crippen LogP contribution in [0.2, 0.25) is 0 Å². The molecule has 1 amide bonds. The average molecular weight is 262 g/mol. The molecule has 2 N–H and O–H groups in total. The molecule has 0 aliphatic carbocycles. The van der Waals surface area contributed by atoms with Gasteiger partial charge in [0, 0.05) is 12.2 Å². The Bertz CT molecular complexity index is 454. The van der Waals surface area contributed by atoms with Crippen LogP contribution in [-0.2, 0) is 11.2 Å². The van der Waals surface area contributed by atoms with E-state index in [1.165, 1.54) is 5.56 Å². The molecule has 2 rings (SSSR count). The van der Waals surface area contributed by atoms with Crippen LogP contribution in [0.4, 0.5) is 5.69 Å². The highest BCUT2D eigenvalue weighted by Gasteiger charge is 2.40. The predicted molar refractivity (Wildman–Crippen MR) is 76.3 cm³/mol. The molecule has 1 aliphatic heterocycles. The van der Waals surface area contributed by atoms with Crippen LogP contribution in [0.3, 0.4) is 0 Å². The third-order valence-electron chi connectivity index (χ3n) is 3.76. The van der Waals surface area contributed by atoms with Crippen LogP contribution in [0.1, 0.15) is 26.3 Å². The number of hydrogen-bond acceptors (Lipinski definition) is 3. The third kappa shape index (κ3) is 2.59. The summed E-state index contributed by atoms with van der Waals surface area (Å²) < 4.78 is 0. The highest BCUT2D eigenvalue weighted by atomic mass is 16.3. The number of carbonyl (C=O) groups excluding carboxylic acids is 1. The number of rotatable bonds is 3. The normalized spacial score (nSPS) is 22.2. The second-order valence-electron chi connectivity index (χ2n) is 5.62. The Hall–Kier alpha value is -1.55. The van der Waals surface area contributed by atoms with Crippen molar-refractivity contribution in [1.82, 2.24) is 5.32 Å². The molecule has 1 heterocycles. The van der Waals surface area contributed by atoms with Crippen LogP contribution >= 0.6 is 0 Å². The maximum atomic E-state index is 11.9. The van der Waals surface area contributed by atoms with Crippen molar-refractivity contribution in [2.24, 2.45) is 0 Å². The molecule has 0 aromatic heterocycles. The van der Waals surface area contributed by atoms with Gasteiger partial charge in [-0.1, -0.05) is 19.1 Å². The highest BCUT2D eigenvalue weighted by Crippen LogP contribution is 2.29. The van der Waals surface area contributed by atoms with E-state index in [2.05, 4.69) is 38.2 Å². The van der Waals surface area contributed by atoms with Gasteiger partial charge >= 0.3 is 0 Å². The Morgan fingerprint density at radius 3 is 2.53 bits per heavy atom. The van der Waals surface area contributed by atoms with E-state index >= 15 is 0 Å². The maximum Gasteiger partial charge on any atom is 0.245 e. The van der Waals surface area contributed by atoms with Crippen molar-refractivity contribution in [2.45, 2.75) is 38.8 Å². The van der Waals surface area contributed by atoms with Gasteiger partial charge < -0.3 is 15.3 Å². The summed E-state index contributed by atoms with van der Waals surface area (Å²) in [6, 6.07) is 7.69. The van der Waals surface area contributed by atoms with Crippen LogP contribution < -0.4 is 10.2 Å². The molecule has 4 nitrogen and oxygen atoms in total. The van der Waals surface area contributed by atoms with Crippen LogP contribution in [0.15, 0.2) is 24.3 Å². The minimum atomic E-state index is -0.517. The van der Waals surface area contributed by atoms with E-state index in [1.807, 2.05) is 17.0 Å². The lowest BCUT2D eigenvalue weighted by molar-refractivity contribution is -0.125. The first-order valence-corrected chi connectivity index (χ1v) is 6.76. The van der Waals surface area contributed by atoms with Crippen LogP contribution in [0.25, 0.3) is 0 Å². The number of nitrogens with one attached hydrogen (secondary N) is 1. The van der Waals surface area contributed by atoms with Crippen LogP contribution in [0, 0.1) is 0 Å². The predicted octanol–water partition coefficient (Wildman–Crippen LogP) is 1.32. The Balaban J connectivity index is 2.38. The summed E-state index contributed by atoms with van der Waals surface area (Å²) in [7, 11) is 0. The molecule has 1 aromatic rings. The van der Waals surface area contributed by atoms with Crippen molar-refractivity contribution in [2.75, 3.05) is 18.1 Å². The van der Waals surface area contributed by atoms with E-state index < -0.39 is 6.04 Å². The highest BCUT2D eigenvalue weighted by molar-refractivity contribution is 5.87. The molecule has 1 saturated heterocycles. The maximum absolute atomic E-state index is 11.9. The zero-order valence-corrected chi connectivity index (χ0v) is 11.8. The summed E-state index contributed by atoms with van der Waals surface area (Å²) in [5.74, 6) is -0.110. The van der Waals surface area contributed by atoms with E-state index in [0.717, 1.165) is 12.1 Å². The molecule has 1 aliphatic rings. The number of hydrogen-bond donors (Lipinski definition) is 2. The van der Waals surface area contributed by atoms with Gasteiger partial charge in [0.05, 0.1) is 12.1 Å². The molecule has 1 aromatic carbocycles. The van der Waals surface area contributed by atoms with E-state index in [0.29, 0.717) is 6.54 Å². The number of aliphatic hydroxyl groups is 1. The molecule has 0 radical (unpaired) electrons. The van der Waals surface area contributed by atoms with Gasteiger partial charge in [0.2, 0.25) is 5.91 Å². The zero-order chi connectivity index (χ0) is 14.0. The van der Waals surface area contributed by atoms with Gasteiger partial charge in [0.25, 0.3) is 0 Å². The molecule has 1 unspecified atom stereocenters. The second kappa shape index (κ2) is 5.21. The van der Waals surface area contributed by atoms with Gasteiger partial charge in [-0.15, -0.1) is 0 Å². The van der Waals surface area contributed by atoms with E-state index in [1.54, 1.807) is 0 Å². The van der Waals surface area contributed by atoms with Crippen molar-refractivity contribution in [3.63, 3.8) is 0 Å². The molecule has 0 saturated carbocycles. The average Bonchev–Trinajstić information content (AvgIpc) is 2.41. The summed E-state index contributed by atoms with van der Waals surface area (Å²) in [5, 5.41) is 12.4. The zero-order valence-electron chi connectivity index (χ0n) is 11.8. The standard InChI is InChI=1S/C15H22N2O2/c1-4-11-5-7-12(8-6-11)17-13(9-18)14(19)16-10-15(17,2)3/h5-8,13,18H,4,9-10H2,1-3H3,(H,16,19). The lowest BCUT2D eigenvalue weighted by Crippen LogP contribution is -2.67. The number of carbonyl (C=O) groups is 1. The quantitative estimate of drug-likeness (QED) is 0.864. The fraction of sp³-hybridized carbons (Fsp3) is 0.533. The minimum Gasteiger partial charge on any atom is -0.394 e. The van der Waals surface area contributed by atoms with Gasteiger partial charge in [0.15, 0.2) is 0 Å². The Kier molecular flexibility index (Phi) is 3.80. The lowest BCUT2D eigenvalue weighted by atomic mass is 9.94. The summed E-state index contributed by atoms with van der Waals surface area (Å²) in [6.45, 7) is 6.66. The number of anilines is 1. The Labute approximate surface area is 114 Å². The number of aliphatic hydroxyl groups excluding tert-OH is 1. The summed E-state index contributed by atoms with van der Waals surface area (Å²) >= 11 is 0. The summed E-state index contributed by atoms with van der Waals surface area (Å²) in [5.41, 5.74) is 2.04.